The second-order valence-electron chi connectivity index (χ2n) is 4.89. The Morgan fingerprint density at radius 3 is 2.64 bits per heavy atom. The normalized spacial score (nSPS) is 11.3. The van der Waals surface area contributed by atoms with Crippen LogP contribution in [-0.4, -0.2) is 27.9 Å². The molecule has 0 amide bonds. The monoisotopic (exact) mass is 434 g/mol. The number of rotatable bonds is 4. The Morgan fingerprint density at radius 1 is 1.16 bits per heavy atom. The molecule has 0 aliphatic heterocycles. The van der Waals surface area contributed by atoms with E-state index in [9.17, 15) is 17.6 Å². The average molecular weight is 436 g/mol. The van der Waals surface area contributed by atoms with Crippen molar-refractivity contribution < 1.29 is 17.6 Å². The van der Waals surface area contributed by atoms with Gasteiger partial charge in [-0.25, -0.2) is 27.5 Å². The van der Waals surface area contributed by atoms with Gasteiger partial charge in [-0.15, -0.1) is 0 Å². The molecule has 0 bridgehead atoms. The highest BCUT2D eigenvalue weighted by atomic mass is 79.9. The van der Waals surface area contributed by atoms with Crippen LogP contribution in [0.15, 0.2) is 35.1 Å². The topological polar surface area (TPSA) is 41.9 Å². The lowest BCUT2D eigenvalue weighted by atomic mass is 10.2. The highest BCUT2D eigenvalue weighted by molar-refractivity contribution is 9.10. The molecule has 10 heteroatoms. The number of fused-ring (bicyclic) bond motifs is 1. The second kappa shape index (κ2) is 7.09. The highest BCUT2D eigenvalue weighted by Gasteiger charge is 2.25. The van der Waals surface area contributed by atoms with Gasteiger partial charge < -0.3 is 4.90 Å². The minimum atomic E-state index is -2.85. The summed E-state index contributed by atoms with van der Waals surface area (Å²) in [7, 11) is 0. The highest BCUT2D eigenvalue weighted by Crippen LogP contribution is 2.35. The second-order valence-corrected chi connectivity index (χ2v) is 5.98. The molecule has 0 aliphatic rings. The van der Waals surface area contributed by atoms with Gasteiger partial charge in [-0.2, -0.15) is 4.98 Å². The van der Waals surface area contributed by atoms with Crippen molar-refractivity contribution in [2.45, 2.75) is 6.43 Å². The van der Waals surface area contributed by atoms with Crippen molar-refractivity contribution in [3.63, 3.8) is 0 Å². The first-order valence-corrected chi connectivity index (χ1v) is 8.03. The molecular weight excluding hydrogens is 428 g/mol. The van der Waals surface area contributed by atoms with E-state index in [4.69, 9.17) is 11.6 Å². The molecule has 0 N–H and O–H groups in total. The van der Waals surface area contributed by atoms with Crippen LogP contribution in [-0.2, 0) is 0 Å². The van der Waals surface area contributed by atoms with E-state index in [1.54, 1.807) is 0 Å². The molecule has 0 unspecified atom stereocenters. The van der Waals surface area contributed by atoms with Gasteiger partial charge >= 0.3 is 0 Å². The lowest BCUT2D eigenvalue weighted by molar-refractivity contribution is 0.157. The van der Waals surface area contributed by atoms with E-state index in [-0.39, 0.29) is 32.3 Å². The molecule has 130 valence electrons. The van der Waals surface area contributed by atoms with Crippen LogP contribution in [0.5, 0.6) is 0 Å². The van der Waals surface area contributed by atoms with Crippen LogP contribution in [0.1, 0.15) is 0 Å². The Morgan fingerprint density at radius 2 is 1.92 bits per heavy atom. The Kier molecular flexibility index (Phi) is 5.05. The molecular formula is C15H8BrClF4N4. The molecule has 0 aliphatic carbocycles. The van der Waals surface area contributed by atoms with Crippen molar-refractivity contribution in [3.8, 4) is 0 Å². The summed E-state index contributed by atoms with van der Waals surface area (Å²) in [6.45, 7) is -0.926. The van der Waals surface area contributed by atoms with Gasteiger partial charge in [0.15, 0.2) is 5.82 Å². The maximum atomic E-state index is 14.4. The van der Waals surface area contributed by atoms with Crippen LogP contribution >= 0.6 is 27.5 Å². The molecule has 0 saturated carbocycles. The van der Waals surface area contributed by atoms with Crippen LogP contribution < -0.4 is 4.90 Å². The largest absolute Gasteiger partial charge is 0.317 e. The Balaban J connectivity index is 2.31. The molecule has 0 saturated heterocycles. The van der Waals surface area contributed by atoms with Crippen LogP contribution in [0, 0.1) is 11.6 Å². The Hall–Kier alpha value is -2.00. The fourth-order valence-electron chi connectivity index (χ4n) is 2.34. The molecule has 1 aromatic carbocycles. The van der Waals surface area contributed by atoms with Crippen molar-refractivity contribution >= 4 is 49.9 Å². The van der Waals surface area contributed by atoms with Gasteiger partial charge in [-0.1, -0.05) is 6.07 Å². The number of benzene rings is 1. The zero-order chi connectivity index (χ0) is 18.1. The maximum absolute atomic E-state index is 14.4. The third-order valence-corrected chi connectivity index (χ3v) is 4.04. The summed E-state index contributed by atoms with van der Waals surface area (Å²) in [5.74, 6) is -1.88. The summed E-state index contributed by atoms with van der Waals surface area (Å²) >= 11 is 8.74. The van der Waals surface area contributed by atoms with Gasteiger partial charge in [0.2, 0.25) is 5.28 Å². The van der Waals surface area contributed by atoms with Gasteiger partial charge in [-0.3, -0.25) is 0 Å². The maximum Gasteiger partial charge on any atom is 0.256 e. The number of pyridine rings is 1. The van der Waals surface area contributed by atoms with Crippen molar-refractivity contribution in [1.82, 2.24) is 15.0 Å². The Labute approximate surface area is 152 Å². The number of halogens is 6. The van der Waals surface area contributed by atoms with Gasteiger partial charge in [0.1, 0.15) is 16.2 Å². The van der Waals surface area contributed by atoms with E-state index in [2.05, 4.69) is 30.9 Å². The number of nitrogens with zero attached hydrogens (tertiary/aromatic N) is 4. The van der Waals surface area contributed by atoms with E-state index in [0.29, 0.717) is 0 Å². The quantitative estimate of drug-likeness (QED) is 0.324. The third-order valence-electron chi connectivity index (χ3n) is 3.32. The molecule has 2 aromatic heterocycles. The number of alkyl halides is 2. The standard InChI is InChI=1S/C15H8BrClF4N4/c16-13-12(21)9(4-5-22-13)25(6-10(19)20)14-11-7(18)2-1-3-8(11)23-15(17)24-14/h1-5,10H,6H2. The fraction of sp³-hybridized carbons (Fsp3) is 0.133. The molecule has 0 fully saturated rings. The van der Waals surface area contributed by atoms with Crippen LogP contribution in [0.25, 0.3) is 10.9 Å². The smallest absolute Gasteiger partial charge is 0.256 e. The predicted octanol–water partition coefficient (Wildman–Crippen LogP) is 5.12. The predicted molar refractivity (Wildman–Crippen MR) is 89.4 cm³/mol. The molecule has 0 radical (unpaired) electrons. The summed E-state index contributed by atoms with van der Waals surface area (Å²) in [5.41, 5.74) is -0.135. The van der Waals surface area contributed by atoms with E-state index in [0.717, 1.165) is 11.0 Å². The van der Waals surface area contributed by atoms with Crippen molar-refractivity contribution in [2.24, 2.45) is 0 Å². The van der Waals surface area contributed by atoms with E-state index < -0.39 is 24.6 Å². The average Bonchev–Trinajstić information content (AvgIpc) is 2.54. The molecule has 3 rings (SSSR count). The number of anilines is 2. The lowest BCUT2D eigenvalue weighted by Crippen LogP contribution is -2.26. The zero-order valence-electron chi connectivity index (χ0n) is 12.2. The summed E-state index contributed by atoms with van der Waals surface area (Å²) in [4.78, 5) is 12.3. The van der Waals surface area contributed by atoms with Gasteiger partial charge in [0, 0.05) is 6.20 Å². The van der Waals surface area contributed by atoms with Crippen LogP contribution in [0.4, 0.5) is 29.1 Å². The molecule has 0 atom stereocenters. The summed E-state index contributed by atoms with van der Waals surface area (Å²) in [6, 6.07) is 5.16. The molecule has 3 aromatic rings. The lowest BCUT2D eigenvalue weighted by Gasteiger charge is -2.25. The molecule has 0 spiro atoms. The molecule has 25 heavy (non-hydrogen) atoms. The summed E-state index contributed by atoms with van der Waals surface area (Å²) < 4.78 is 54.8. The van der Waals surface area contributed by atoms with Crippen molar-refractivity contribution in [2.75, 3.05) is 11.4 Å². The van der Waals surface area contributed by atoms with E-state index in [1.807, 2.05) is 0 Å². The number of hydrogen-bond donors (Lipinski definition) is 0. The molecule has 4 nitrogen and oxygen atoms in total. The van der Waals surface area contributed by atoms with Crippen molar-refractivity contribution in [3.05, 3.63) is 52.0 Å². The van der Waals surface area contributed by atoms with Gasteiger partial charge in [0.25, 0.3) is 6.43 Å². The SMILES string of the molecule is Fc1c(N(CC(F)F)c2nc(Cl)nc3cccc(F)c23)ccnc1Br. The number of aromatic nitrogens is 3. The van der Waals surface area contributed by atoms with Gasteiger partial charge in [0.05, 0.1) is 23.1 Å². The van der Waals surface area contributed by atoms with E-state index >= 15 is 0 Å². The first kappa shape index (κ1) is 17.8. The van der Waals surface area contributed by atoms with Crippen LogP contribution in [0.3, 0.4) is 0 Å². The summed E-state index contributed by atoms with van der Waals surface area (Å²) in [5, 5.41) is -0.416. The van der Waals surface area contributed by atoms with Crippen molar-refractivity contribution in [1.29, 1.82) is 0 Å². The summed E-state index contributed by atoms with van der Waals surface area (Å²) in [6.07, 6.45) is -1.62. The van der Waals surface area contributed by atoms with Gasteiger partial charge in [-0.05, 0) is 45.7 Å². The fourth-order valence-corrected chi connectivity index (χ4v) is 2.84. The minimum absolute atomic E-state index is 0.114. The zero-order valence-corrected chi connectivity index (χ0v) is 14.6. The Bertz CT molecular complexity index is 941. The molecule has 2 heterocycles. The number of hydrogen-bond acceptors (Lipinski definition) is 4. The first-order chi connectivity index (χ1) is 11.9. The van der Waals surface area contributed by atoms with E-state index in [1.165, 1.54) is 24.4 Å². The first-order valence-electron chi connectivity index (χ1n) is 6.86. The third kappa shape index (κ3) is 3.52. The van der Waals surface area contributed by atoms with Crippen LogP contribution in [0.2, 0.25) is 5.28 Å². The minimum Gasteiger partial charge on any atom is -0.317 e.